The average Bonchev–Trinajstić information content (AvgIpc) is 2.35. The number of hydrogen-bond donors (Lipinski definition) is 1. The third-order valence-corrected chi connectivity index (χ3v) is 2.95. The second kappa shape index (κ2) is 5.44. The number of ether oxygens (including phenoxy) is 2. The summed E-state index contributed by atoms with van der Waals surface area (Å²) in [6, 6.07) is 4.64. The molecule has 1 amide bonds. The van der Waals surface area contributed by atoms with E-state index in [-0.39, 0.29) is 12.3 Å². The highest BCUT2D eigenvalue weighted by Crippen LogP contribution is 2.36. The highest BCUT2D eigenvalue weighted by atomic mass is 35.5. The van der Waals surface area contributed by atoms with Gasteiger partial charge < -0.3 is 14.6 Å². The molecule has 1 aromatic carbocycles. The number of carbonyl (C=O) groups is 2. The van der Waals surface area contributed by atoms with Crippen molar-refractivity contribution in [3.05, 3.63) is 23.2 Å². The van der Waals surface area contributed by atoms with Gasteiger partial charge in [-0.2, -0.15) is 0 Å². The van der Waals surface area contributed by atoms with Crippen molar-refractivity contribution in [3.8, 4) is 5.75 Å². The van der Waals surface area contributed by atoms with E-state index in [1.54, 1.807) is 32.9 Å². The SMILES string of the molecule is CC(C)(C)OC(=O)N1C[C@H](C(=O)O)Oc2ccc(Cl)cc21. The number of benzene rings is 1. The van der Waals surface area contributed by atoms with Crippen LogP contribution in [0, 0.1) is 0 Å². The van der Waals surface area contributed by atoms with Crippen molar-refractivity contribution in [2.75, 3.05) is 11.4 Å². The quantitative estimate of drug-likeness (QED) is 0.862. The van der Waals surface area contributed by atoms with Crippen LogP contribution in [0.25, 0.3) is 0 Å². The lowest BCUT2D eigenvalue weighted by molar-refractivity contribution is -0.144. The van der Waals surface area contributed by atoms with Crippen LogP contribution < -0.4 is 9.64 Å². The number of carbonyl (C=O) groups excluding carboxylic acids is 1. The molecule has 114 valence electrons. The Bertz CT molecular complexity index is 581. The van der Waals surface area contributed by atoms with Crippen molar-refractivity contribution in [2.24, 2.45) is 0 Å². The van der Waals surface area contributed by atoms with E-state index in [4.69, 9.17) is 26.2 Å². The predicted molar refractivity (Wildman–Crippen MR) is 77.1 cm³/mol. The molecule has 0 saturated carbocycles. The first-order valence-electron chi connectivity index (χ1n) is 6.37. The number of carboxylic acids is 1. The lowest BCUT2D eigenvalue weighted by Crippen LogP contribution is -2.48. The summed E-state index contributed by atoms with van der Waals surface area (Å²) in [6.07, 6.45) is -1.79. The molecule has 2 rings (SSSR count). The lowest BCUT2D eigenvalue weighted by Gasteiger charge is -2.34. The molecule has 1 atom stereocenters. The fourth-order valence-corrected chi connectivity index (χ4v) is 2.04. The monoisotopic (exact) mass is 313 g/mol. The second-order valence-electron chi connectivity index (χ2n) is 5.65. The van der Waals surface area contributed by atoms with Crippen molar-refractivity contribution in [1.82, 2.24) is 0 Å². The highest BCUT2D eigenvalue weighted by Gasteiger charge is 2.36. The summed E-state index contributed by atoms with van der Waals surface area (Å²) >= 11 is 5.93. The molecule has 0 saturated heterocycles. The van der Waals surface area contributed by atoms with Gasteiger partial charge in [0.25, 0.3) is 0 Å². The first-order chi connectivity index (χ1) is 9.67. The molecular formula is C14H16ClNO5. The molecule has 0 spiro atoms. The number of halogens is 1. The molecule has 6 nitrogen and oxygen atoms in total. The Labute approximate surface area is 127 Å². The second-order valence-corrected chi connectivity index (χ2v) is 6.08. The minimum absolute atomic E-state index is 0.141. The van der Waals surface area contributed by atoms with E-state index >= 15 is 0 Å². The minimum Gasteiger partial charge on any atom is -0.478 e. The topological polar surface area (TPSA) is 76.1 Å². The van der Waals surface area contributed by atoms with Gasteiger partial charge in [-0.25, -0.2) is 9.59 Å². The molecule has 1 aliphatic heterocycles. The fraction of sp³-hybridized carbons (Fsp3) is 0.429. The molecule has 1 aromatic rings. The van der Waals surface area contributed by atoms with E-state index in [0.29, 0.717) is 10.7 Å². The van der Waals surface area contributed by atoms with Crippen molar-refractivity contribution in [3.63, 3.8) is 0 Å². The number of hydrogen-bond acceptors (Lipinski definition) is 4. The van der Waals surface area contributed by atoms with Crippen molar-refractivity contribution in [1.29, 1.82) is 0 Å². The summed E-state index contributed by atoms with van der Waals surface area (Å²) < 4.78 is 10.6. The average molecular weight is 314 g/mol. The molecule has 0 unspecified atom stereocenters. The van der Waals surface area contributed by atoms with Crippen LogP contribution in [-0.4, -0.2) is 35.4 Å². The van der Waals surface area contributed by atoms with Gasteiger partial charge in [-0.05, 0) is 39.0 Å². The van der Waals surface area contributed by atoms with Crippen LogP contribution >= 0.6 is 11.6 Å². The molecule has 0 fully saturated rings. The minimum atomic E-state index is -1.15. The van der Waals surface area contributed by atoms with Crippen molar-refractivity contribution >= 4 is 29.4 Å². The molecule has 1 aliphatic rings. The smallest absolute Gasteiger partial charge is 0.415 e. The molecular weight excluding hydrogens is 298 g/mol. The zero-order valence-electron chi connectivity index (χ0n) is 11.9. The third kappa shape index (κ3) is 3.58. The number of nitrogens with zero attached hydrogens (tertiary/aromatic N) is 1. The summed E-state index contributed by atoms with van der Waals surface area (Å²) in [5.41, 5.74) is -0.290. The fourth-order valence-electron chi connectivity index (χ4n) is 1.87. The predicted octanol–water partition coefficient (Wildman–Crippen LogP) is 2.93. The molecule has 7 heteroatoms. The Hall–Kier alpha value is -1.95. The van der Waals surface area contributed by atoms with Gasteiger partial charge in [-0.1, -0.05) is 11.6 Å². The number of amides is 1. The zero-order chi connectivity index (χ0) is 15.8. The summed E-state index contributed by atoms with van der Waals surface area (Å²) in [4.78, 5) is 24.7. The van der Waals surface area contributed by atoms with Gasteiger partial charge in [0.15, 0.2) is 0 Å². The Morgan fingerprint density at radius 1 is 1.43 bits per heavy atom. The molecule has 21 heavy (non-hydrogen) atoms. The normalized spacial score (nSPS) is 17.7. The van der Waals surface area contributed by atoms with Crippen LogP contribution in [0.4, 0.5) is 10.5 Å². The maximum absolute atomic E-state index is 12.3. The zero-order valence-corrected chi connectivity index (χ0v) is 12.7. The number of aliphatic carboxylic acids is 1. The lowest BCUT2D eigenvalue weighted by atomic mass is 10.2. The Balaban J connectivity index is 2.37. The first kappa shape index (κ1) is 15.4. The number of anilines is 1. The standard InChI is InChI=1S/C14H16ClNO5/c1-14(2,3)21-13(19)16-7-11(12(17)18)20-10-5-4-8(15)6-9(10)16/h4-6,11H,7H2,1-3H3,(H,17,18)/t11-/m1/s1. The molecule has 0 aliphatic carbocycles. The van der Waals surface area contributed by atoms with Crippen LogP contribution in [0.1, 0.15) is 20.8 Å². The first-order valence-corrected chi connectivity index (χ1v) is 6.75. The van der Waals surface area contributed by atoms with Crippen LogP contribution in [0.3, 0.4) is 0 Å². The highest BCUT2D eigenvalue weighted by molar-refractivity contribution is 6.31. The van der Waals surface area contributed by atoms with E-state index in [0.717, 1.165) is 0 Å². The van der Waals surface area contributed by atoms with Crippen LogP contribution in [0.15, 0.2) is 18.2 Å². The third-order valence-electron chi connectivity index (χ3n) is 2.72. The molecule has 0 radical (unpaired) electrons. The molecule has 1 N–H and O–H groups in total. The molecule has 0 aromatic heterocycles. The Morgan fingerprint density at radius 2 is 2.10 bits per heavy atom. The van der Waals surface area contributed by atoms with Crippen molar-refractivity contribution < 1.29 is 24.2 Å². The molecule has 0 bridgehead atoms. The molecule has 1 heterocycles. The van der Waals surface area contributed by atoms with E-state index < -0.39 is 23.8 Å². The summed E-state index contributed by atoms with van der Waals surface area (Å²) in [5, 5.41) is 9.54. The van der Waals surface area contributed by atoms with Gasteiger partial charge >= 0.3 is 12.1 Å². The number of carboxylic acid groups (broad SMARTS) is 1. The van der Waals surface area contributed by atoms with Gasteiger partial charge in [0.05, 0.1) is 12.2 Å². The summed E-state index contributed by atoms with van der Waals surface area (Å²) in [7, 11) is 0. The Kier molecular flexibility index (Phi) is 4.00. The Morgan fingerprint density at radius 3 is 2.67 bits per heavy atom. The van der Waals surface area contributed by atoms with Crippen molar-refractivity contribution in [2.45, 2.75) is 32.5 Å². The summed E-state index contributed by atoms with van der Waals surface area (Å²) in [6.45, 7) is 5.06. The number of rotatable bonds is 1. The van der Waals surface area contributed by atoms with E-state index in [1.807, 2.05) is 0 Å². The number of fused-ring (bicyclic) bond motifs is 1. The maximum atomic E-state index is 12.3. The van der Waals surface area contributed by atoms with Gasteiger partial charge in [0, 0.05) is 5.02 Å². The van der Waals surface area contributed by atoms with Crippen LogP contribution in [-0.2, 0) is 9.53 Å². The van der Waals surface area contributed by atoms with Gasteiger partial charge in [-0.3, -0.25) is 4.90 Å². The van der Waals surface area contributed by atoms with Gasteiger partial charge in [0.1, 0.15) is 11.4 Å². The van der Waals surface area contributed by atoms with Gasteiger partial charge in [0.2, 0.25) is 6.10 Å². The van der Waals surface area contributed by atoms with E-state index in [2.05, 4.69) is 0 Å². The summed E-state index contributed by atoms with van der Waals surface area (Å²) in [5.74, 6) is -0.868. The maximum Gasteiger partial charge on any atom is 0.415 e. The van der Waals surface area contributed by atoms with Crippen LogP contribution in [0.5, 0.6) is 5.75 Å². The largest absolute Gasteiger partial charge is 0.478 e. The van der Waals surface area contributed by atoms with Crippen LogP contribution in [0.2, 0.25) is 5.02 Å². The van der Waals surface area contributed by atoms with Gasteiger partial charge in [-0.15, -0.1) is 0 Å². The van der Waals surface area contributed by atoms with E-state index in [1.165, 1.54) is 11.0 Å². The van der Waals surface area contributed by atoms with E-state index in [9.17, 15) is 9.59 Å².